The van der Waals surface area contributed by atoms with Crippen molar-refractivity contribution in [2.75, 3.05) is 0 Å². The molecule has 0 saturated carbocycles. The summed E-state index contributed by atoms with van der Waals surface area (Å²) in [4.78, 5) is 24.4. The molecule has 4 aromatic rings. The summed E-state index contributed by atoms with van der Waals surface area (Å²) in [6.07, 6.45) is 1.72. The number of aromatic carboxylic acids is 1. The lowest BCUT2D eigenvalue weighted by Crippen LogP contribution is -2.61. The minimum atomic E-state index is -1.03. The monoisotopic (exact) mass is 412 g/mol. The van der Waals surface area contributed by atoms with Gasteiger partial charge in [0.25, 0.3) is 5.69 Å². The number of azo groups is 1. The molecule has 2 heterocycles. The molecule has 0 aliphatic carbocycles. The van der Waals surface area contributed by atoms with Crippen molar-refractivity contribution in [2.45, 2.75) is 13.5 Å². The van der Waals surface area contributed by atoms with Crippen molar-refractivity contribution in [3.63, 3.8) is 0 Å². The number of fused-ring (bicyclic) bond motifs is 3. The highest BCUT2D eigenvalue weighted by Gasteiger charge is 2.24. The summed E-state index contributed by atoms with van der Waals surface area (Å²) >= 11 is 0. The number of para-hydroxylation sites is 2. The van der Waals surface area contributed by atoms with E-state index in [0.29, 0.717) is 34.5 Å². The third kappa shape index (κ3) is 3.18. The summed E-state index contributed by atoms with van der Waals surface area (Å²) in [5.41, 5.74) is 3.25. The molecule has 31 heavy (non-hydrogen) atoms. The van der Waals surface area contributed by atoms with E-state index in [1.165, 1.54) is 28.7 Å². The molecule has 8 nitrogen and oxygen atoms in total. The topological polar surface area (TPSA) is 114 Å². The van der Waals surface area contributed by atoms with E-state index in [0.717, 1.165) is 5.52 Å². The Labute approximate surface area is 176 Å². The molecular formula is C23H18N5O3+. The Kier molecular flexibility index (Phi) is 4.93. The number of nitrogens with one attached hydrogen (secondary N) is 1. The number of carbonyl (C=O) groups is 1. The van der Waals surface area contributed by atoms with Crippen LogP contribution in [-0.2, 0) is 6.54 Å². The van der Waals surface area contributed by atoms with E-state index in [9.17, 15) is 14.9 Å². The van der Waals surface area contributed by atoms with E-state index in [2.05, 4.69) is 22.9 Å². The van der Waals surface area contributed by atoms with Crippen LogP contribution in [0.3, 0.4) is 0 Å². The normalized spacial score (nSPS) is 11.2. The number of carboxylic acid groups (broad SMARTS) is 1. The lowest BCUT2D eigenvalue weighted by Gasteiger charge is -2.06. The van der Waals surface area contributed by atoms with Crippen molar-refractivity contribution in [2.24, 2.45) is 5.11 Å². The largest absolute Gasteiger partial charge is 0.478 e. The second-order valence-corrected chi connectivity index (χ2v) is 6.91. The molecule has 0 saturated heterocycles. The molecule has 0 fully saturated rings. The smallest absolute Gasteiger partial charge is 0.335 e. The number of hydrogen-bond donors (Lipinski definition) is 2. The Morgan fingerprint density at radius 3 is 2.52 bits per heavy atom. The van der Waals surface area contributed by atoms with Gasteiger partial charge >= 0.3 is 11.5 Å². The maximum Gasteiger partial charge on any atom is 0.335 e. The SMILES string of the molecule is C=CCn1c2ccccc2n2c(=O)c([NH+]=Nc3ccc(C(=O)O)cc3)c(C)c(C#N)c12. The van der Waals surface area contributed by atoms with Gasteiger partial charge in [0.05, 0.1) is 22.2 Å². The van der Waals surface area contributed by atoms with Crippen molar-refractivity contribution in [1.29, 1.82) is 5.26 Å². The third-order valence-corrected chi connectivity index (χ3v) is 5.11. The van der Waals surface area contributed by atoms with Gasteiger partial charge in [-0.15, -0.1) is 6.58 Å². The fourth-order valence-corrected chi connectivity index (χ4v) is 3.63. The number of rotatable bonds is 5. The van der Waals surface area contributed by atoms with Crippen molar-refractivity contribution in [3.05, 3.63) is 88.2 Å². The molecule has 2 N–H and O–H groups in total. The zero-order valence-corrected chi connectivity index (χ0v) is 16.7. The number of carboxylic acids is 1. The zero-order chi connectivity index (χ0) is 22.1. The molecule has 0 aliphatic heterocycles. The van der Waals surface area contributed by atoms with Gasteiger partial charge in [-0.3, -0.25) is 9.20 Å². The highest BCUT2D eigenvalue weighted by molar-refractivity contribution is 5.88. The van der Waals surface area contributed by atoms with Crippen molar-refractivity contribution in [1.82, 2.24) is 8.97 Å². The van der Waals surface area contributed by atoms with Gasteiger partial charge < -0.3 is 9.67 Å². The van der Waals surface area contributed by atoms with Gasteiger partial charge in [0.15, 0.2) is 0 Å². The molecule has 2 aromatic carbocycles. The molecule has 0 aliphatic rings. The first kappa shape index (κ1) is 19.8. The third-order valence-electron chi connectivity index (χ3n) is 5.11. The summed E-state index contributed by atoms with van der Waals surface area (Å²) in [6.45, 7) is 5.93. The number of benzene rings is 2. The van der Waals surface area contributed by atoms with Crippen molar-refractivity contribution < 1.29 is 15.0 Å². The molecule has 152 valence electrons. The van der Waals surface area contributed by atoms with Crippen LogP contribution >= 0.6 is 0 Å². The second kappa shape index (κ2) is 7.72. The molecule has 4 rings (SSSR count). The number of imidazole rings is 1. The first-order chi connectivity index (χ1) is 15.0. The fourth-order valence-electron chi connectivity index (χ4n) is 3.63. The van der Waals surface area contributed by atoms with E-state index < -0.39 is 5.97 Å². The Balaban J connectivity index is 1.98. The van der Waals surface area contributed by atoms with E-state index >= 15 is 0 Å². The predicted octanol–water partition coefficient (Wildman–Crippen LogP) is 2.81. The molecule has 0 unspecified atom stereocenters. The summed E-state index contributed by atoms with van der Waals surface area (Å²) in [5, 5.41) is 25.9. The fraction of sp³-hybridized carbons (Fsp3) is 0.0870. The summed E-state index contributed by atoms with van der Waals surface area (Å²) in [6, 6.07) is 15.6. The Morgan fingerprint density at radius 2 is 1.90 bits per heavy atom. The quantitative estimate of drug-likeness (QED) is 0.387. The van der Waals surface area contributed by atoms with Crippen LogP contribution in [-0.4, -0.2) is 20.0 Å². The van der Waals surface area contributed by atoms with Crippen LogP contribution in [0.5, 0.6) is 0 Å². The van der Waals surface area contributed by atoms with Gasteiger partial charge in [-0.1, -0.05) is 23.3 Å². The van der Waals surface area contributed by atoms with Crippen LogP contribution in [0.1, 0.15) is 21.5 Å². The second-order valence-electron chi connectivity index (χ2n) is 6.91. The minimum absolute atomic E-state index is 0.137. The highest BCUT2D eigenvalue weighted by atomic mass is 16.4. The Morgan fingerprint density at radius 1 is 1.23 bits per heavy atom. The van der Waals surface area contributed by atoms with Crippen LogP contribution in [0, 0.1) is 18.3 Å². The van der Waals surface area contributed by atoms with Crippen LogP contribution in [0.4, 0.5) is 11.4 Å². The van der Waals surface area contributed by atoms with E-state index in [1.807, 2.05) is 28.8 Å². The molecule has 0 bridgehead atoms. The number of aromatic nitrogens is 2. The lowest BCUT2D eigenvalue weighted by atomic mass is 10.1. The van der Waals surface area contributed by atoms with Crippen molar-refractivity contribution >= 4 is 34.0 Å². The van der Waals surface area contributed by atoms with Crippen LogP contribution in [0.2, 0.25) is 0 Å². The standard InChI is InChI=1S/C23H17N5O3/c1-3-12-27-18-6-4-5-7-19(18)28-21(27)17(13-24)14(2)20(22(28)29)26-25-16-10-8-15(9-11-16)23(30)31/h3-11H,1,12H2,2H3,(H,30,31)/p+1. The molecule has 0 atom stereocenters. The number of allylic oxidation sites excluding steroid dienone is 1. The van der Waals surface area contributed by atoms with E-state index in [1.54, 1.807) is 13.0 Å². The molecule has 0 radical (unpaired) electrons. The zero-order valence-electron chi connectivity index (χ0n) is 16.7. The van der Waals surface area contributed by atoms with E-state index in [4.69, 9.17) is 5.11 Å². The van der Waals surface area contributed by atoms with E-state index in [-0.39, 0.29) is 16.8 Å². The molecular weight excluding hydrogens is 394 g/mol. The van der Waals surface area contributed by atoms with Gasteiger partial charge in [-0.25, -0.2) is 4.79 Å². The maximum atomic E-state index is 13.4. The number of nitriles is 1. The first-order valence-electron chi connectivity index (χ1n) is 9.45. The summed E-state index contributed by atoms with van der Waals surface area (Å²) in [5.74, 6) is -1.03. The Bertz CT molecular complexity index is 1480. The van der Waals surface area contributed by atoms with Crippen molar-refractivity contribution in [3.8, 4) is 6.07 Å². The average Bonchev–Trinajstić information content (AvgIpc) is 3.09. The molecule has 2 aromatic heterocycles. The number of hydrogen-bond acceptors (Lipinski definition) is 4. The Hall–Kier alpha value is -4.51. The highest BCUT2D eigenvalue weighted by Crippen LogP contribution is 2.25. The average molecular weight is 412 g/mol. The van der Waals surface area contributed by atoms with Gasteiger partial charge in [0.1, 0.15) is 23.0 Å². The molecule has 8 heteroatoms. The van der Waals surface area contributed by atoms with Gasteiger partial charge in [-0.2, -0.15) is 5.26 Å². The minimum Gasteiger partial charge on any atom is -0.478 e. The number of nitrogens with zero attached hydrogens (tertiary/aromatic N) is 4. The number of pyridine rings is 1. The molecule has 0 spiro atoms. The first-order valence-corrected chi connectivity index (χ1v) is 9.45. The maximum absolute atomic E-state index is 13.4. The predicted molar refractivity (Wildman–Crippen MR) is 115 cm³/mol. The lowest BCUT2D eigenvalue weighted by molar-refractivity contribution is -0.435. The van der Waals surface area contributed by atoms with Gasteiger partial charge in [0, 0.05) is 6.54 Å². The van der Waals surface area contributed by atoms with Crippen LogP contribution in [0.15, 0.2) is 71.1 Å². The van der Waals surface area contributed by atoms with Crippen LogP contribution < -0.4 is 10.7 Å². The summed E-state index contributed by atoms with van der Waals surface area (Å²) < 4.78 is 3.40. The van der Waals surface area contributed by atoms with Gasteiger partial charge in [0.2, 0.25) is 0 Å². The molecule has 0 amide bonds. The summed E-state index contributed by atoms with van der Waals surface area (Å²) in [7, 11) is 0. The van der Waals surface area contributed by atoms with Crippen LogP contribution in [0.25, 0.3) is 16.7 Å². The van der Waals surface area contributed by atoms with Gasteiger partial charge in [-0.05, 0) is 48.4 Å².